The van der Waals surface area contributed by atoms with Gasteiger partial charge in [-0.15, -0.1) is 0 Å². The van der Waals surface area contributed by atoms with Crippen LogP contribution in [0.1, 0.15) is 21.5 Å². The predicted molar refractivity (Wildman–Crippen MR) is 70.4 cm³/mol. The molecule has 4 heteroatoms. The number of amides is 1. The number of para-hydroxylation sites is 1. The highest BCUT2D eigenvalue weighted by molar-refractivity contribution is 5.95. The summed E-state index contributed by atoms with van der Waals surface area (Å²) in [5.41, 5.74) is 6.84. The largest absolute Gasteiger partial charge is 0.488 e. The summed E-state index contributed by atoms with van der Waals surface area (Å²) in [6.45, 7) is 1.88. The third kappa shape index (κ3) is 3.10. The van der Waals surface area contributed by atoms with Gasteiger partial charge < -0.3 is 10.5 Å². The standard InChI is InChI=1S/C15H14FNO2/c1-10-6-7-11(8-13(10)16)9-19-14-5-3-2-4-12(14)15(17)18/h2-8H,9H2,1H3,(H2,17,18). The van der Waals surface area contributed by atoms with Crippen LogP contribution in [0.3, 0.4) is 0 Å². The number of benzene rings is 2. The molecule has 2 N–H and O–H groups in total. The van der Waals surface area contributed by atoms with Gasteiger partial charge in [-0.1, -0.05) is 24.3 Å². The lowest BCUT2D eigenvalue weighted by Gasteiger charge is -2.09. The summed E-state index contributed by atoms with van der Waals surface area (Å²) in [6, 6.07) is 11.6. The van der Waals surface area contributed by atoms with Crippen molar-refractivity contribution < 1.29 is 13.9 Å². The quantitative estimate of drug-likeness (QED) is 0.917. The van der Waals surface area contributed by atoms with Crippen LogP contribution in [-0.4, -0.2) is 5.91 Å². The van der Waals surface area contributed by atoms with Crippen molar-refractivity contribution in [2.45, 2.75) is 13.5 Å². The lowest BCUT2D eigenvalue weighted by atomic mass is 10.1. The minimum absolute atomic E-state index is 0.182. The normalized spacial score (nSPS) is 10.2. The third-order valence-corrected chi connectivity index (χ3v) is 2.78. The first kappa shape index (κ1) is 13.1. The number of hydrogen-bond donors (Lipinski definition) is 1. The van der Waals surface area contributed by atoms with Gasteiger partial charge in [0.2, 0.25) is 0 Å². The zero-order valence-corrected chi connectivity index (χ0v) is 10.5. The van der Waals surface area contributed by atoms with Crippen LogP contribution in [0.4, 0.5) is 4.39 Å². The Kier molecular flexibility index (Phi) is 3.80. The zero-order chi connectivity index (χ0) is 13.8. The highest BCUT2D eigenvalue weighted by Crippen LogP contribution is 2.19. The van der Waals surface area contributed by atoms with Gasteiger partial charge in [-0.05, 0) is 36.2 Å². The number of halogens is 1. The van der Waals surface area contributed by atoms with Crippen LogP contribution in [0.25, 0.3) is 0 Å². The van der Waals surface area contributed by atoms with E-state index in [-0.39, 0.29) is 12.4 Å². The van der Waals surface area contributed by atoms with Crippen molar-refractivity contribution in [3.63, 3.8) is 0 Å². The number of carbonyl (C=O) groups is 1. The van der Waals surface area contributed by atoms with Crippen molar-refractivity contribution in [2.75, 3.05) is 0 Å². The van der Waals surface area contributed by atoms with Gasteiger partial charge in [0.15, 0.2) is 0 Å². The van der Waals surface area contributed by atoms with Crippen molar-refractivity contribution in [3.8, 4) is 5.75 Å². The lowest BCUT2D eigenvalue weighted by molar-refractivity contribution is 0.0996. The maximum absolute atomic E-state index is 13.4. The number of nitrogens with two attached hydrogens (primary N) is 1. The van der Waals surface area contributed by atoms with Gasteiger partial charge in [0.05, 0.1) is 5.56 Å². The molecule has 0 saturated heterocycles. The van der Waals surface area contributed by atoms with Gasteiger partial charge in [-0.2, -0.15) is 0 Å². The number of primary amides is 1. The number of aryl methyl sites for hydroxylation is 1. The molecule has 0 spiro atoms. The Morgan fingerprint density at radius 1 is 1.26 bits per heavy atom. The van der Waals surface area contributed by atoms with Gasteiger partial charge in [0, 0.05) is 0 Å². The molecule has 3 nitrogen and oxygen atoms in total. The van der Waals surface area contributed by atoms with Crippen LogP contribution < -0.4 is 10.5 Å². The van der Waals surface area contributed by atoms with Crippen molar-refractivity contribution >= 4 is 5.91 Å². The highest BCUT2D eigenvalue weighted by Gasteiger charge is 2.08. The van der Waals surface area contributed by atoms with E-state index in [1.165, 1.54) is 6.07 Å². The monoisotopic (exact) mass is 259 g/mol. The van der Waals surface area contributed by atoms with Gasteiger partial charge in [0.25, 0.3) is 5.91 Å². The molecular weight excluding hydrogens is 245 g/mol. The van der Waals surface area contributed by atoms with E-state index in [4.69, 9.17) is 10.5 Å². The molecule has 0 aromatic heterocycles. The molecule has 0 aliphatic heterocycles. The number of hydrogen-bond acceptors (Lipinski definition) is 2. The molecule has 19 heavy (non-hydrogen) atoms. The Hall–Kier alpha value is -2.36. The Balaban J connectivity index is 2.14. The molecule has 98 valence electrons. The summed E-state index contributed by atoms with van der Waals surface area (Å²) in [4.78, 5) is 11.2. The van der Waals surface area contributed by atoms with Gasteiger partial charge in [0.1, 0.15) is 18.2 Å². The fourth-order valence-electron chi connectivity index (χ4n) is 1.68. The topological polar surface area (TPSA) is 52.3 Å². The van der Waals surface area contributed by atoms with Crippen LogP contribution in [-0.2, 0) is 6.61 Å². The summed E-state index contributed by atoms with van der Waals surface area (Å²) in [7, 11) is 0. The molecule has 0 aliphatic rings. The highest BCUT2D eigenvalue weighted by atomic mass is 19.1. The number of rotatable bonds is 4. The molecule has 0 heterocycles. The maximum atomic E-state index is 13.4. The Morgan fingerprint density at radius 3 is 2.68 bits per heavy atom. The zero-order valence-electron chi connectivity index (χ0n) is 10.5. The lowest BCUT2D eigenvalue weighted by Crippen LogP contribution is -2.12. The van der Waals surface area contributed by atoms with Crippen molar-refractivity contribution in [2.24, 2.45) is 5.73 Å². The molecule has 0 saturated carbocycles. The molecule has 0 radical (unpaired) electrons. The molecule has 2 aromatic carbocycles. The van der Waals surface area contributed by atoms with Gasteiger partial charge >= 0.3 is 0 Å². The molecule has 1 amide bonds. The summed E-state index contributed by atoms with van der Waals surface area (Å²) >= 11 is 0. The molecule has 2 aromatic rings. The van der Waals surface area contributed by atoms with E-state index in [1.54, 1.807) is 43.3 Å². The van der Waals surface area contributed by atoms with Crippen molar-refractivity contribution in [1.29, 1.82) is 0 Å². The molecule has 0 fully saturated rings. The van der Waals surface area contributed by atoms with Crippen LogP contribution in [0, 0.1) is 12.7 Å². The fraction of sp³-hybridized carbons (Fsp3) is 0.133. The average molecular weight is 259 g/mol. The smallest absolute Gasteiger partial charge is 0.252 e. The van der Waals surface area contributed by atoms with Crippen molar-refractivity contribution in [1.82, 2.24) is 0 Å². The van der Waals surface area contributed by atoms with E-state index in [1.807, 2.05) is 0 Å². The van der Waals surface area contributed by atoms with Crippen LogP contribution in [0.15, 0.2) is 42.5 Å². The first-order valence-electron chi connectivity index (χ1n) is 5.84. The van der Waals surface area contributed by atoms with Crippen LogP contribution >= 0.6 is 0 Å². The van der Waals surface area contributed by atoms with Crippen LogP contribution in [0.2, 0.25) is 0 Å². The van der Waals surface area contributed by atoms with E-state index in [2.05, 4.69) is 0 Å². The maximum Gasteiger partial charge on any atom is 0.252 e. The number of carbonyl (C=O) groups excluding carboxylic acids is 1. The summed E-state index contributed by atoms with van der Waals surface area (Å²) in [5.74, 6) is -0.425. The Bertz CT molecular complexity index is 611. The molecule has 0 unspecified atom stereocenters. The second-order valence-electron chi connectivity index (χ2n) is 4.23. The second-order valence-corrected chi connectivity index (χ2v) is 4.23. The van der Waals surface area contributed by atoms with Crippen molar-refractivity contribution in [3.05, 3.63) is 65.0 Å². The average Bonchev–Trinajstić information content (AvgIpc) is 2.40. The molecular formula is C15H14FNO2. The van der Waals surface area contributed by atoms with Gasteiger partial charge in [-0.3, -0.25) is 4.79 Å². The third-order valence-electron chi connectivity index (χ3n) is 2.78. The van der Waals surface area contributed by atoms with Crippen LogP contribution in [0.5, 0.6) is 5.75 Å². The predicted octanol–water partition coefficient (Wildman–Crippen LogP) is 2.81. The Morgan fingerprint density at radius 2 is 2.00 bits per heavy atom. The van der Waals surface area contributed by atoms with E-state index >= 15 is 0 Å². The molecule has 2 rings (SSSR count). The summed E-state index contributed by atoms with van der Waals surface area (Å²) in [6.07, 6.45) is 0. The van der Waals surface area contributed by atoms with E-state index in [0.717, 1.165) is 0 Å². The minimum atomic E-state index is -0.550. The Labute approximate surface area is 110 Å². The SMILES string of the molecule is Cc1ccc(COc2ccccc2C(N)=O)cc1F. The second kappa shape index (κ2) is 5.52. The minimum Gasteiger partial charge on any atom is -0.488 e. The van der Waals surface area contributed by atoms with Gasteiger partial charge in [-0.25, -0.2) is 4.39 Å². The molecule has 0 atom stereocenters. The first-order chi connectivity index (χ1) is 9.08. The van der Waals surface area contributed by atoms with E-state index in [0.29, 0.717) is 22.4 Å². The van der Waals surface area contributed by atoms with E-state index in [9.17, 15) is 9.18 Å². The van der Waals surface area contributed by atoms with E-state index < -0.39 is 5.91 Å². The first-order valence-corrected chi connectivity index (χ1v) is 5.84. The molecule has 0 bridgehead atoms. The summed E-state index contributed by atoms with van der Waals surface area (Å²) < 4.78 is 18.9. The molecule has 0 aliphatic carbocycles. The number of ether oxygens (including phenoxy) is 1. The summed E-state index contributed by atoms with van der Waals surface area (Å²) in [5, 5.41) is 0. The fourth-order valence-corrected chi connectivity index (χ4v) is 1.68.